The maximum atomic E-state index is 13.7. The van der Waals surface area contributed by atoms with Gasteiger partial charge in [-0.2, -0.15) is 0 Å². The molecule has 0 aromatic heterocycles. The Morgan fingerprint density at radius 3 is 1.29 bits per heavy atom. The second-order valence-electron chi connectivity index (χ2n) is 16.4. The van der Waals surface area contributed by atoms with Crippen molar-refractivity contribution in [2.24, 2.45) is 0 Å². The second kappa shape index (κ2) is 14.7. The van der Waals surface area contributed by atoms with Gasteiger partial charge < -0.3 is 20.4 Å². The van der Waals surface area contributed by atoms with Crippen LogP contribution in [0.25, 0.3) is 64.6 Å². The number of carbonyl (C=O) groups excluding carboxylic acids is 3. The smallest absolute Gasteiger partial charge is 0.316 e. The van der Waals surface area contributed by atoms with E-state index in [1.54, 1.807) is 13.8 Å². The molecule has 2 heterocycles. The lowest BCUT2D eigenvalue weighted by Gasteiger charge is -2.30. The van der Waals surface area contributed by atoms with Crippen molar-refractivity contribution in [1.82, 2.24) is 31.1 Å². The lowest BCUT2D eigenvalue weighted by molar-refractivity contribution is -0.134. The van der Waals surface area contributed by atoms with E-state index in [1.165, 1.54) is 75.8 Å². The molecule has 0 aliphatic carbocycles. The summed E-state index contributed by atoms with van der Waals surface area (Å²) in [5, 5.41) is 27.9. The average Bonchev–Trinajstić information content (AvgIpc) is 3.93. The van der Waals surface area contributed by atoms with Crippen LogP contribution in [0.3, 0.4) is 0 Å². The van der Waals surface area contributed by atoms with Gasteiger partial charge in [0.25, 0.3) is 0 Å². The topological polar surface area (TPSA) is 106 Å². The molecule has 292 valence electrons. The first-order valence-corrected chi connectivity index (χ1v) is 20.8. The van der Waals surface area contributed by atoms with Crippen LogP contribution in [-0.4, -0.2) is 65.2 Å². The van der Waals surface area contributed by atoms with E-state index in [9.17, 15) is 14.4 Å². The number of rotatable bonds is 10. The minimum absolute atomic E-state index is 0.139. The van der Waals surface area contributed by atoms with Crippen molar-refractivity contribution in [3.05, 3.63) is 120 Å². The third-order valence-electron chi connectivity index (χ3n) is 12.8. The zero-order valence-electron chi connectivity index (χ0n) is 33.0. The number of urea groups is 1. The molecule has 2 aliphatic heterocycles. The van der Waals surface area contributed by atoms with E-state index in [2.05, 4.69) is 130 Å². The first-order chi connectivity index (χ1) is 28.3. The van der Waals surface area contributed by atoms with E-state index >= 15 is 0 Å². The predicted octanol–water partition coefficient (Wildman–Crippen LogP) is 8.33. The number of carbonyl (C=O) groups is 3. The third kappa shape index (κ3) is 6.30. The average molecular weight is 769 g/mol. The number of likely N-dealkylation sites (tertiary alicyclic amines) is 2. The summed E-state index contributed by atoms with van der Waals surface area (Å²) in [6.45, 7) is 5.91. The van der Waals surface area contributed by atoms with Crippen LogP contribution in [-0.2, 0) is 22.7 Å². The minimum Gasteiger partial charge on any atom is -0.327 e. The fourth-order valence-electron chi connectivity index (χ4n) is 9.90. The Morgan fingerprint density at radius 1 is 0.517 bits per heavy atom. The molecule has 0 bridgehead atoms. The molecule has 4 N–H and O–H groups in total. The number of amides is 4. The molecule has 8 aromatic rings. The molecule has 2 saturated heterocycles. The number of hydrogen-bond donors (Lipinski definition) is 4. The largest absolute Gasteiger partial charge is 0.327 e. The molecule has 0 spiro atoms. The zero-order chi connectivity index (χ0) is 39.5. The predicted molar refractivity (Wildman–Crippen MR) is 234 cm³/mol. The second-order valence-corrected chi connectivity index (χ2v) is 16.4. The third-order valence-corrected chi connectivity index (χ3v) is 12.8. The summed E-state index contributed by atoms with van der Waals surface area (Å²) in [6.07, 6.45) is 3.16. The van der Waals surface area contributed by atoms with Crippen molar-refractivity contribution in [3.63, 3.8) is 0 Å². The highest BCUT2D eigenvalue weighted by molar-refractivity contribution is 6.24. The van der Waals surface area contributed by atoms with Crippen molar-refractivity contribution in [1.29, 1.82) is 0 Å². The summed E-state index contributed by atoms with van der Waals surface area (Å²) in [4.78, 5) is 44.4. The molecule has 9 heteroatoms. The van der Waals surface area contributed by atoms with Gasteiger partial charge in [0.1, 0.15) is 12.1 Å². The molecule has 8 aromatic carbocycles. The van der Waals surface area contributed by atoms with Gasteiger partial charge in [0.15, 0.2) is 0 Å². The van der Waals surface area contributed by atoms with Crippen LogP contribution in [0.4, 0.5) is 4.79 Å². The molecule has 4 amide bonds. The van der Waals surface area contributed by atoms with Crippen LogP contribution in [0.15, 0.2) is 109 Å². The van der Waals surface area contributed by atoms with E-state index < -0.39 is 18.1 Å². The van der Waals surface area contributed by atoms with Crippen LogP contribution in [0.5, 0.6) is 0 Å². The lowest BCUT2D eigenvalue weighted by atomic mass is 9.92. The molecule has 0 saturated carbocycles. The van der Waals surface area contributed by atoms with E-state index in [-0.39, 0.29) is 24.1 Å². The van der Waals surface area contributed by atoms with Crippen molar-refractivity contribution < 1.29 is 14.4 Å². The molecule has 4 atom stereocenters. The van der Waals surface area contributed by atoms with Crippen molar-refractivity contribution in [2.75, 3.05) is 13.1 Å². The number of nitrogens with zero attached hydrogens (tertiary/aromatic N) is 2. The zero-order valence-corrected chi connectivity index (χ0v) is 33.0. The highest BCUT2D eigenvalue weighted by atomic mass is 16.2. The summed E-state index contributed by atoms with van der Waals surface area (Å²) >= 11 is 0. The van der Waals surface area contributed by atoms with Gasteiger partial charge in [0.05, 0.1) is 12.3 Å². The van der Waals surface area contributed by atoms with Gasteiger partial charge in [-0.15, -0.1) is 0 Å². The number of nitrogens with one attached hydrogen (secondary N) is 4. The molecule has 58 heavy (non-hydrogen) atoms. The summed E-state index contributed by atoms with van der Waals surface area (Å²) in [7, 11) is 0. The van der Waals surface area contributed by atoms with Gasteiger partial charge in [0, 0.05) is 26.2 Å². The fraction of sp³-hybridized carbons (Fsp3) is 0.286. The summed E-state index contributed by atoms with van der Waals surface area (Å²) in [5.74, 6) is -0.287. The Balaban J connectivity index is 0.748. The number of benzene rings is 8. The fourth-order valence-corrected chi connectivity index (χ4v) is 9.90. The molecule has 2 aliphatic rings. The van der Waals surface area contributed by atoms with Gasteiger partial charge in [-0.1, -0.05) is 109 Å². The lowest BCUT2D eigenvalue weighted by Crippen LogP contribution is -2.57. The van der Waals surface area contributed by atoms with Crippen LogP contribution in [0.1, 0.15) is 50.7 Å². The highest BCUT2D eigenvalue weighted by Crippen LogP contribution is 2.37. The molecule has 0 unspecified atom stereocenters. The van der Waals surface area contributed by atoms with Crippen LogP contribution < -0.4 is 21.3 Å². The Kier molecular flexibility index (Phi) is 9.22. The Hall–Kier alpha value is -6.03. The van der Waals surface area contributed by atoms with E-state index in [0.717, 1.165) is 25.7 Å². The van der Waals surface area contributed by atoms with E-state index in [0.29, 0.717) is 26.2 Å². The summed E-state index contributed by atoms with van der Waals surface area (Å²) < 4.78 is 0. The van der Waals surface area contributed by atoms with Crippen LogP contribution >= 0.6 is 0 Å². The quantitative estimate of drug-likeness (QED) is 0.105. The van der Waals surface area contributed by atoms with Crippen molar-refractivity contribution in [2.45, 2.75) is 77.0 Å². The molecule has 9 nitrogen and oxygen atoms in total. The molecular formula is C49H48N6O3. The normalized spacial score (nSPS) is 18.4. The van der Waals surface area contributed by atoms with Gasteiger partial charge in [-0.3, -0.25) is 20.2 Å². The Labute approximate surface area is 337 Å². The Morgan fingerprint density at radius 2 is 0.879 bits per heavy atom. The molecule has 2 fully saturated rings. The highest BCUT2D eigenvalue weighted by Gasteiger charge is 2.34. The Bertz CT molecular complexity index is 2630. The van der Waals surface area contributed by atoms with Crippen molar-refractivity contribution in [3.8, 4) is 0 Å². The molecular weight excluding hydrogens is 721 g/mol. The van der Waals surface area contributed by atoms with Crippen LogP contribution in [0.2, 0.25) is 0 Å². The summed E-state index contributed by atoms with van der Waals surface area (Å²) in [6, 6.07) is 37.2. The first kappa shape index (κ1) is 36.3. The van der Waals surface area contributed by atoms with Gasteiger partial charge >= 0.3 is 6.03 Å². The van der Waals surface area contributed by atoms with E-state index in [1.807, 2.05) is 9.80 Å². The standard InChI is InChI=1S/C49H48N6O3/c1-29(47(56)54-25-5-11-41(54)50-27-37-19-17-35-15-13-31-7-3-9-33-21-23-39(37)45(35)43(31)33)52-49(58)53-30(2)48(57)55-26-6-12-42(55)51-28-38-20-18-36-16-14-32-8-4-10-34-22-24-40(38)46(36)44(32)34/h3-4,7-10,13-24,29-30,41-42,50-51H,5-6,11-12,25-28H2,1-2H3,(H2,52,53,58)/t29-,30-,41-,42-/m0/s1. The molecule has 10 rings (SSSR count). The van der Waals surface area contributed by atoms with Crippen LogP contribution in [0, 0.1) is 0 Å². The van der Waals surface area contributed by atoms with Gasteiger partial charge in [0.2, 0.25) is 11.8 Å². The maximum Gasteiger partial charge on any atom is 0.316 e. The monoisotopic (exact) mass is 768 g/mol. The molecule has 0 radical (unpaired) electrons. The summed E-state index contributed by atoms with van der Waals surface area (Å²) in [5.41, 5.74) is 2.38. The van der Waals surface area contributed by atoms with E-state index in [4.69, 9.17) is 0 Å². The van der Waals surface area contributed by atoms with Gasteiger partial charge in [-0.25, -0.2) is 4.79 Å². The SMILES string of the molecule is C[C@H](NC(=O)N[C@@H](C)C(=O)N1CCC[C@H]1NCc1ccc2ccc3cccc4ccc1c2c34)C(=O)N1CCC[C@H]1NCc1ccc2ccc3cccc4ccc1c2c34. The van der Waals surface area contributed by atoms with Crippen molar-refractivity contribution >= 4 is 82.5 Å². The van der Waals surface area contributed by atoms with Gasteiger partial charge in [-0.05, 0) is 115 Å². The minimum atomic E-state index is -0.759. The maximum absolute atomic E-state index is 13.7. The number of hydrogen-bond acceptors (Lipinski definition) is 5. The first-order valence-electron chi connectivity index (χ1n) is 20.8.